The number of hydrogen-bond acceptors (Lipinski definition) is 5. The van der Waals surface area contributed by atoms with Gasteiger partial charge < -0.3 is 20.3 Å². The van der Waals surface area contributed by atoms with E-state index in [2.05, 4.69) is 31.3 Å². The molecule has 0 heterocycles. The number of unbranched alkanes of at least 4 members (excludes halogenated alkanes) is 30. The SMILES string of the molecule is CCCCCCCCCCCCCCCCCC(=O)OCCCCCC/C=C\CCCC(=O)NC(CO)C(O)CCCCCCCCCCCCCC. The number of rotatable bonds is 43. The summed E-state index contributed by atoms with van der Waals surface area (Å²) in [6.07, 6.45) is 47.5. The largest absolute Gasteiger partial charge is 0.466 e. The molecule has 53 heavy (non-hydrogen) atoms. The van der Waals surface area contributed by atoms with E-state index >= 15 is 0 Å². The predicted octanol–water partition coefficient (Wildman–Crippen LogP) is 13.4. The van der Waals surface area contributed by atoms with Crippen LogP contribution in [-0.2, 0) is 14.3 Å². The third-order valence-corrected chi connectivity index (χ3v) is 10.8. The second-order valence-electron chi connectivity index (χ2n) is 16.1. The van der Waals surface area contributed by atoms with E-state index in [1.807, 2.05) is 0 Å². The lowest BCUT2D eigenvalue weighted by Gasteiger charge is -2.22. The fourth-order valence-corrected chi connectivity index (χ4v) is 7.17. The van der Waals surface area contributed by atoms with Crippen molar-refractivity contribution in [2.24, 2.45) is 0 Å². The summed E-state index contributed by atoms with van der Waals surface area (Å²) in [4.78, 5) is 24.4. The fraction of sp³-hybridized carbons (Fsp3) is 0.915. The van der Waals surface area contributed by atoms with Crippen molar-refractivity contribution in [3.05, 3.63) is 12.2 Å². The van der Waals surface area contributed by atoms with Crippen LogP contribution >= 0.6 is 0 Å². The highest BCUT2D eigenvalue weighted by atomic mass is 16.5. The summed E-state index contributed by atoms with van der Waals surface area (Å²) >= 11 is 0. The van der Waals surface area contributed by atoms with Crippen LogP contribution in [0.25, 0.3) is 0 Å². The van der Waals surface area contributed by atoms with E-state index in [9.17, 15) is 19.8 Å². The quantitative estimate of drug-likeness (QED) is 0.0328. The Hall–Kier alpha value is -1.40. The lowest BCUT2D eigenvalue weighted by Crippen LogP contribution is -2.45. The van der Waals surface area contributed by atoms with Gasteiger partial charge in [-0.2, -0.15) is 0 Å². The zero-order valence-electron chi connectivity index (χ0n) is 35.5. The number of carbonyl (C=O) groups is 2. The lowest BCUT2D eigenvalue weighted by atomic mass is 10.0. The van der Waals surface area contributed by atoms with Crippen molar-refractivity contribution in [1.29, 1.82) is 0 Å². The van der Waals surface area contributed by atoms with Crippen LogP contribution in [0.2, 0.25) is 0 Å². The van der Waals surface area contributed by atoms with Gasteiger partial charge in [-0.25, -0.2) is 0 Å². The molecule has 0 aliphatic carbocycles. The summed E-state index contributed by atoms with van der Waals surface area (Å²) in [5.74, 6) is -0.129. The van der Waals surface area contributed by atoms with E-state index in [0.717, 1.165) is 70.6 Å². The number of allylic oxidation sites excluding steroid dienone is 2. The summed E-state index contributed by atoms with van der Waals surface area (Å²) < 4.78 is 5.43. The third kappa shape index (κ3) is 40.1. The number of nitrogens with one attached hydrogen (secondary N) is 1. The first-order valence-corrected chi connectivity index (χ1v) is 23.4. The van der Waals surface area contributed by atoms with Crippen molar-refractivity contribution >= 4 is 11.9 Å². The van der Waals surface area contributed by atoms with Crippen LogP contribution in [0.1, 0.15) is 251 Å². The molecular weight excluding hydrogens is 659 g/mol. The molecule has 2 atom stereocenters. The molecule has 0 aliphatic rings. The number of aliphatic hydroxyl groups is 2. The van der Waals surface area contributed by atoms with Gasteiger partial charge in [0, 0.05) is 12.8 Å². The van der Waals surface area contributed by atoms with Gasteiger partial charge in [-0.3, -0.25) is 9.59 Å². The standard InChI is InChI=1S/C47H91NO5/c1-3-5-7-9-11-13-15-17-18-19-21-25-29-33-37-41-47(52)53-42-38-34-30-26-22-24-28-32-36-40-46(51)48-44(43-49)45(50)39-35-31-27-23-20-16-14-12-10-8-6-4-2/h24,28,44-45,49-50H,3-23,25-27,29-43H2,1-2H3,(H,48,51)/b28-24-. The molecule has 314 valence electrons. The van der Waals surface area contributed by atoms with Gasteiger partial charge in [-0.15, -0.1) is 0 Å². The van der Waals surface area contributed by atoms with E-state index < -0.39 is 12.1 Å². The van der Waals surface area contributed by atoms with Crippen LogP contribution in [0.3, 0.4) is 0 Å². The van der Waals surface area contributed by atoms with Gasteiger partial charge in [0.05, 0.1) is 25.4 Å². The molecule has 0 saturated carbocycles. The number of carbonyl (C=O) groups excluding carboxylic acids is 2. The number of esters is 1. The maximum atomic E-state index is 12.4. The van der Waals surface area contributed by atoms with E-state index in [1.54, 1.807) is 0 Å². The normalized spacial score (nSPS) is 12.8. The van der Waals surface area contributed by atoms with Gasteiger partial charge in [0.1, 0.15) is 0 Å². The number of ether oxygens (including phenoxy) is 1. The van der Waals surface area contributed by atoms with Gasteiger partial charge in [0.15, 0.2) is 0 Å². The van der Waals surface area contributed by atoms with Crippen LogP contribution < -0.4 is 5.32 Å². The van der Waals surface area contributed by atoms with Crippen LogP contribution in [0.5, 0.6) is 0 Å². The molecule has 0 aromatic heterocycles. The highest BCUT2D eigenvalue weighted by Crippen LogP contribution is 2.16. The summed E-state index contributed by atoms with van der Waals surface area (Å²) in [5.41, 5.74) is 0. The first-order chi connectivity index (χ1) is 26.0. The number of amides is 1. The number of aliphatic hydroxyl groups excluding tert-OH is 2. The Morgan fingerprint density at radius 3 is 1.38 bits per heavy atom. The topological polar surface area (TPSA) is 95.9 Å². The van der Waals surface area contributed by atoms with Crippen molar-refractivity contribution in [2.45, 2.75) is 264 Å². The average Bonchev–Trinajstić information content (AvgIpc) is 3.16. The molecule has 3 N–H and O–H groups in total. The summed E-state index contributed by atoms with van der Waals surface area (Å²) in [5, 5.41) is 23.1. The molecule has 0 rings (SSSR count). The zero-order chi connectivity index (χ0) is 38.7. The van der Waals surface area contributed by atoms with Crippen molar-refractivity contribution in [3.63, 3.8) is 0 Å². The minimum atomic E-state index is -0.692. The van der Waals surface area contributed by atoms with Gasteiger partial charge in [-0.05, 0) is 44.9 Å². The lowest BCUT2D eigenvalue weighted by molar-refractivity contribution is -0.143. The first-order valence-electron chi connectivity index (χ1n) is 23.4. The molecule has 0 aromatic carbocycles. The Labute approximate surface area is 329 Å². The van der Waals surface area contributed by atoms with Crippen LogP contribution in [0.15, 0.2) is 12.2 Å². The molecule has 0 aliphatic heterocycles. The molecule has 1 amide bonds. The second-order valence-corrected chi connectivity index (χ2v) is 16.1. The Kier molecular flexibility index (Phi) is 42.2. The molecule has 0 spiro atoms. The Morgan fingerprint density at radius 2 is 0.906 bits per heavy atom. The van der Waals surface area contributed by atoms with Crippen molar-refractivity contribution < 1.29 is 24.5 Å². The molecule has 0 bridgehead atoms. The summed E-state index contributed by atoms with van der Waals surface area (Å²) in [6.45, 7) is 4.85. The minimum Gasteiger partial charge on any atom is -0.466 e. The molecule has 0 saturated heterocycles. The maximum absolute atomic E-state index is 12.4. The third-order valence-electron chi connectivity index (χ3n) is 10.8. The predicted molar refractivity (Wildman–Crippen MR) is 227 cm³/mol. The maximum Gasteiger partial charge on any atom is 0.305 e. The second kappa shape index (κ2) is 43.3. The van der Waals surface area contributed by atoms with Crippen molar-refractivity contribution in [2.75, 3.05) is 13.2 Å². The molecular formula is C47H91NO5. The number of hydrogen-bond donors (Lipinski definition) is 3. The fourth-order valence-electron chi connectivity index (χ4n) is 7.17. The van der Waals surface area contributed by atoms with E-state index in [0.29, 0.717) is 25.9 Å². The first kappa shape index (κ1) is 51.6. The van der Waals surface area contributed by atoms with Gasteiger partial charge >= 0.3 is 5.97 Å². The highest BCUT2D eigenvalue weighted by Gasteiger charge is 2.19. The van der Waals surface area contributed by atoms with Gasteiger partial charge in [0.25, 0.3) is 0 Å². The average molecular weight is 750 g/mol. The molecule has 0 radical (unpaired) electrons. The van der Waals surface area contributed by atoms with Crippen LogP contribution in [0.4, 0.5) is 0 Å². The minimum absolute atomic E-state index is 0.0332. The molecule has 6 nitrogen and oxygen atoms in total. The van der Waals surface area contributed by atoms with E-state index in [-0.39, 0.29) is 18.5 Å². The van der Waals surface area contributed by atoms with Gasteiger partial charge in [-0.1, -0.05) is 206 Å². The summed E-state index contributed by atoms with van der Waals surface area (Å²) in [7, 11) is 0. The van der Waals surface area contributed by atoms with Crippen LogP contribution in [-0.4, -0.2) is 47.4 Å². The van der Waals surface area contributed by atoms with E-state index in [1.165, 1.54) is 148 Å². The zero-order valence-corrected chi connectivity index (χ0v) is 35.5. The molecule has 2 unspecified atom stereocenters. The molecule has 6 heteroatoms. The van der Waals surface area contributed by atoms with Gasteiger partial charge in [0.2, 0.25) is 5.91 Å². The Balaban J connectivity index is 3.52. The van der Waals surface area contributed by atoms with E-state index in [4.69, 9.17) is 4.74 Å². The Morgan fingerprint density at radius 1 is 0.509 bits per heavy atom. The molecule has 0 aromatic rings. The van der Waals surface area contributed by atoms with Crippen molar-refractivity contribution in [3.8, 4) is 0 Å². The monoisotopic (exact) mass is 750 g/mol. The van der Waals surface area contributed by atoms with Crippen molar-refractivity contribution in [1.82, 2.24) is 5.32 Å². The smallest absolute Gasteiger partial charge is 0.305 e. The highest BCUT2D eigenvalue weighted by molar-refractivity contribution is 5.76. The van der Waals surface area contributed by atoms with Crippen LogP contribution in [0, 0.1) is 0 Å². The summed E-state index contributed by atoms with van der Waals surface area (Å²) in [6, 6.07) is -0.576. The molecule has 0 fully saturated rings. The Bertz CT molecular complexity index is 787.